The van der Waals surface area contributed by atoms with Crippen LogP contribution in [0, 0.1) is 18.6 Å². The molecular weight excluding hydrogens is 272 g/mol. The Morgan fingerprint density at radius 1 is 1.14 bits per heavy atom. The number of hydrogen-bond acceptors (Lipinski definition) is 2. The number of rotatable bonds is 5. The lowest BCUT2D eigenvalue weighted by Gasteiger charge is -2.19. The van der Waals surface area contributed by atoms with Crippen molar-refractivity contribution in [3.05, 3.63) is 59.2 Å². The summed E-state index contributed by atoms with van der Waals surface area (Å²) < 4.78 is 33.0. The van der Waals surface area contributed by atoms with Gasteiger partial charge in [0.2, 0.25) is 0 Å². The molecule has 0 bridgehead atoms. The van der Waals surface area contributed by atoms with E-state index in [2.05, 4.69) is 5.32 Å². The lowest BCUT2D eigenvalue weighted by Crippen LogP contribution is -2.11. The topological polar surface area (TPSA) is 21.3 Å². The molecule has 0 aliphatic carbocycles. The monoisotopic (exact) mass is 291 g/mol. The molecule has 0 aliphatic rings. The molecule has 21 heavy (non-hydrogen) atoms. The summed E-state index contributed by atoms with van der Waals surface area (Å²) in [6, 6.07) is 9.02. The highest BCUT2D eigenvalue weighted by molar-refractivity contribution is 5.55. The second-order valence-electron chi connectivity index (χ2n) is 4.91. The van der Waals surface area contributed by atoms with Gasteiger partial charge in [0.1, 0.15) is 17.4 Å². The van der Waals surface area contributed by atoms with E-state index < -0.39 is 17.7 Å². The summed E-state index contributed by atoms with van der Waals surface area (Å²) >= 11 is 0. The molecule has 0 radical (unpaired) electrons. The van der Waals surface area contributed by atoms with Crippen molar-refractivity contribution < 1.29 is 13.5 Å². The van der Waals surface area contributed by atoms with Gasteiger partial charge in [-0.3, -0.25) is 0 Å². The van der Waals surface area contributed by atoms with E-state index in [0.29, 0.717) is 6.61 Å². The van der Waals surface area contributed by atoms with Crippen LogP contribution in [-0.4, -0.2) is 6.61 Å². The predicted molar refractivity (Wildman–Crippen MR) is 80.7 cm³/mol. The van der Waals surface area contributed by atoms with Crippen molar-refractivity contribution in [2.45, 2.75) is 26.8 Å². The zero-order valence-corrected chi connectivity index (χ0v) is 12.4. The van der Waals surface area contributed by atoms with E-state index in [-0.39, 0.29) is 5.56 Å². The molecule has 1 N–H and O–H groups in total. The minimum Gasteiger partial charge on any atom is -0.494 e. The number of nitrogens with one attached hydrogen (secondary N) is 1. The molecule has 2 rings (SSSR count). The van der Waals surface area contributed by atoms with Crippen molar-refractivity contribution in [1.82, 2.24) is 0 Å². The Morgan fingerprint density at radius 2 is 1.81 bits per heavy atom. The van der Waals surface area contributed by atoms with Crippen LogP contribution in [0.15, 0.2) is 36.4 Å². The summed E-state index contributed by atoms with van der Waals surface area (Å²) in [7, 11) is 0. The quantitative estimate of drug-likeness (QED) is 0.850. The first-order valence-electron chi connectivity index (χ1n) is 6.96. The molecule has 0 aliphatic heterocycles. The summed E-state index contributed by atoms with van der Waals surface area (Å²) in [5.41, 5.74) is 1.84. The summed E-state index contributed by atoms with van der Waals surface area (Å²) in [5.74, 6) is -0.303. The zero-order chi connectivity index (χ0) is 15.4. The number of ether oxygens (including phenoxy) is 1. The molecule has 0 aromatic heterocycles. The maximum absolute atomic E-state index is 13.8. The van der Waals surface area contributed by atoms with E-state index >= 15 is 0 Å². The van der Waals surface area contributed by atoms with E-state index in [4.69, 9.17) is 4.74 Å². The third-order valence-electron chi connectivity index (χ3n) is 3.31. The van der Waals surface area contributed by atoms with Crippen LogP contribution < -0.4 is 10.1 Å². The van der Waals surface area contributed by atoms with Crippen molar-refractivity contribution >= 4 is 5.69 Å². The van der Waals surface area contributed by atoms with Gasteiger partial charge >= 0.3 is 0 Å². The molecule has 1 atom stereocenters. The van der Waals surface area contributed by atoms with Gasteiger partial charge in [-0.2, -0.15) is 0 Å². The summed E-state index contributed by atoms with van der Waals surface area (Å²) in [4.78, 5) is 0. The molecule has 0 saturated carbocycles. The highest BCUT2D eigenvalue weighted by Crippen LogP contribution is 2.28. The number of hydrogen-bond donors (Lipinski definition) is 1. The van der Waals surface area contributed by atoms with Crippen LogP contribution in [0.1, 0.15) is 31.0 Å². The molecule has 112 valence electrons. The fourth-order valence-electron chi connectivity index (χ4n) is 2.28. The first kappa shape index (κ1) is 15.3. The van der Waals surface area contributed by atoms with Crippen LogP contribution in [-0.2, 0) is 0 Å². The normalized spacial score (nSPS) is 12.0. The van der Waals surface area contributed by atoms with E-state index in [1.54, 1.807) is 6.92 Å². The molecule has 0 saturated heterocycles. The molecule has 2 nitrogen and oxygen atoms in total. The Labute approximate surface area is 123 Å². The molecule has 0 spiro atoms. The lowest BCUT2D eigenvalue weighted by atomic mass is 10.1. The van der Waals surface area contributed by atoms with Crippen LogP contribution in [0.4, 0.5) is 14.5 Å². The largest absolute Gasteiger partial charge is 0.494 e. The van der Waals surface area contributed by atoms with Crippen molar-refractivity contribution in [2.24, 2.45) is 0 Å². The smallest absolute Gasteiger partial charge is 0.131 e. The van der Waals surface area contributed by atoms with Crippen molar-refractivity contribution in [3.8, 4) is 5.75 Å². The van der Waals surface area contributed by atoms with Crippen molar-refractivity contribution in [3.63, 3.8) is 0 Å². The van der Waals surface area contributed by atoms with Gasteiger partial charge in [0.15, 0.2) is 0 Å². The third-order valence-corrected chi connectivity index (χ3v) is 3.31. The van der Waals surface area contributed by atoms with Crippen LogP contribution in [0.25, 0.3) is 0 Å². The van der Waals surface area contributed by atoms with E-state index in [0.717, 1.165) is 17.0 Å². The van der Waals surface area contributed by atoms with Gasteiger partial charge in [0.25, 0.3) is 0 Å². The third kappa shape index (κ3) is 3.51. The Hall–Kier alpha value is -2.10. The number of aryl methyl sites for hydroxylation is 1. The Balaban J connectivity index is 2.21. The molecule has 0 fully saturated rings. The second kappa shape index (κ2) is 6.57. The minimum atomic E-state index is -0.543. The van der Waals surface area contributed by atoms with Gasteiger partial charge in [0.05, 0.1) is 12.6 Å². The van der Waals surface area contributed by atoms with Gasteiger partial charge < -0.3 is 10.1 Å². The van der Waals surface area contributed by atoms with Crippen molar-refractivity contribution in [1.29, 1.82) is 0 Å². The maximum atomic E-state index is 13.8. The first-order chi connectivity index (χ1) is 10.0. The average molecular weight is 291 g/mol. The Bertz CT molecular complexity index is 608. The Kier molecular flexibility index (Phi) is 4.78. The molecule has 0 heterocycles. The minimum absolute atomic E-state index is 0.0470. The van der Waals surface area contributed by atoms with Crippen LogP contribution in [0.2, 0.25) is 0 Å². The Morgan fingerprint density at radius 3 is 2.38 bits per heavy atom. The summed E-state index contributed by atoms with van der Waals surface area (Å²) in [6.45, 7) is 6.18. The van der Waals surface area contributed by atoms with Gasteiger partial charge in [-0.05, 0) is 56.7 Å². The number of anilines is 1. The number of benzene rings is 2. The van der Waals surface area contributed by atoms with Gasteiger partial charge in [-0.1, -0.05) is 6.07 Å². The lowest BCUT2D eigenvalue weighted by molar-refractivity contribution is 0.340. The van der Waals surface area contributed by atoms with Crippen LogP contribution >= 0.6 is 0 Å². The average Bonchev–Trinajstić information content (AvgIpc) is 2.42. The predicted octanol–water partition coefficient (Wildman–Crippen LogP) is 4.85. The van der Waals surface area contributed by atoms with Gasteiger partial charge in [-0.25, -0.2) is 8.78 Å². The van der Waals surface area contributed by atoms with Gasteiger partial charge in [0, 0.05) is 11.3 Å². The number of halogens is 2. The SMILES string of the molecule is CCOc1ccc(NC(C)c2c(F)cccc2F)c(C)c1. The summed E-state index contributed by atoms with van der Waals surface area (Å²) in [5, 5.41) is 3.14. The molecular formula is C17H19F2NO. The van der Waals surface area contributed by atoms with Gasteiger partial charge in [-0.15, -0.1) is 0 Å². The van der Waals surface area contributed by atoms with Crippen LogP contribution in [0.3, 0.4) is 0 Å². The van der Waals surface area contributed by atoms with Crippen molar-refractivity contribution in [2.75, 3.05) is 11.9 Å². The molecule has 2 aromatic rings. The van der Waals surface area contributed by atoms with E-state index in [9.17, 15) is 8.78 Å². The fourth-order valence-corrected chi connectivity index (χ4v) is 2.28. The standard InChI is InChI=1S/C17H19F2NO/c1-4-21-13-8-9-16(11(2)10-13)20-12(3)17-14(18)6-5-7-15(17)19/h5-10,12,20H,4H2,1-3H3. The molecule has 0 amide bonds. The zero-order valence-electron chi connectivity index (χ0n) is 12.4. The van der Waals surface area contributed by atoms with E-state index in [1.165, 1.54) is 18.2 Å². The summed E-state index contributed by atoms with van der Waals surface area (Å²) in [6.07, 6.45) is 0. The maximum Gasteiger partial charge on any atom is 0.131 e. The molecule has 1 unspecified atom stereocenters. The highest BCUT2D eigenvalue weighted by atomic mass is 19.1. The van der Waals surface area contributed by atoms with E-state index in [1.807, 2.05) is 32.0 Å². The first-order valence-corrected chi connectivity index (χ1v) is 6.96. The molecule has 4 heteroatoms. The fraction of sp³-hybridized carbons (Fsp3) is 0.294. The van der Waals surface area contributed by atoms with Crippen LogP contribution in [0.5, 0.6) is 5.75 Å². The second-order valence-corrected chi connectivity index (χ2v) is 4.91. The molecule has 2 aromatic carbocycles. The highest BCUT2D eigenvalue weighted by Gasteiger charge is 2.16.